The summed E-state index contributed by atoms with van der Waals surface area (Å²) in [7, 11) is 1.58. The van der Waals surface area contributed by atoms with E-state index in [1.807, 2.05) is 17.7 Å². The first-order valence-electron chi connectivity index (χ1n) is 6.43. The number of carbonyl (C=O) groups excluding carboxylic acids is 1. The lowest BCUT2D eigenvalue weighted by molar-refractivity contribution is 0.0983. The molecule has 1 aromatic carbocycles. The highest BCUT2D eigenvalue weighted by Gasteiger charge is 2.20. The molecular weight excluding hydrogens is 323 g/mol. The number of hydrogen-bond donors (Lipinski definition) is 0. The van der Waals surface area contributed by atoms with Gasteiger partial charge in [-0.1, -0.05) is 19.1 Å². The first-order valence-corrected chi connectivity index (χ1v) is 7.22. The molecule has 0 N–H and O–H groups in total. The Morgan fingerprint density at radius 1 is 1.40 bits per heavy atom. The second-order valence-corrected chi connectivity index (χ2v) is 5.47. The Balaban J connectivity index is 2.34. The van der Waals surface area contributed by atoms with Crippen molar-refractivity contribution in [2.24, 2.45) is 0 Å². The summed E-state index contributed by atoms with van der Waals surface area (Å²) in [6.45, 7) is 2.79. The molecule has 1 amide bonds. The number of benzene rings is 1. The van der Waals surface area contributed by atoms with Crippen LogP contribution in [-0.4, -0.2) is 17.5 Å². The second-order valence-electron chi connectivity index (χ2n) is 4.55. The number of amides is 1. The van der Waals surface area contributed by atoms with Crippen LogP contribution in [-0.2, 0) is 6.54 Å². The normalized spacial score (nSPS) is 10.6. The van der Waals surface area contributed by atoms with Gasteiger partial charge in [-0.25, -0.2) is 4.39 Å². The molecular formula is C15H16BrFN2O. The van der Waals surface area contributed by atoms with Crippen molar-refractivity contribution in [2.45, 2.75) is 19.9 Å². The van der Waals surface area contributed by atoms with E-state index < -0.39 is 5.82 Å². The molecule has 1 heterocycles. The van der Waals surface area contributed by atoms with Crippen LogP contribution >= 0.6 is 15.9 Å². The molecule has 0 aliphatic carbocycles. The van der Waals surface area contributed by atoms with Crippen LogP contribution < -0.4 is 4.90 Å². The molecule has 0 spiro atoms. The van der Waals surface area contributed by atoms with Crippen LogP contribution in [0.5, 0.6) is 0 Å². The number of rotatable bonds is 4. The Bertz CT molecular complexity index is 624. The molecule has 0 fully saturated rings. The highest BCUT2D eigenvalue weighted by atomic mass is 79.9. The first-order chi connectivity index (χ1) is 9.54. The fourth-order valence-corrected chi connectivity index (χ4v) is 2.55. The predicted molar refractivity (Wildman–Crippen MR) is 81.6 cm³/mol. The molecule has 1 aromatic heterocycles. The molecule has 0 saturated carbocycles. The van der Waals surface area contributed by atoms with Crippen LogP contribution in [0.1, 0.15) is 23.8 Å². The molecule has 2 aromatic rings. The number of para-hydroxylation sites is 1. The Labute approximate surface area is 126 Å². The van der Waals surface area contributed by atoms with Crippen molar-refractivity contribution < 1.29 is 9.18 Å². The van der Waals surface area contributed by atoms with Gasteiger partial charge in [-0.2, -0.15) is 0 Å². The van der Waals surface area contributed by atoms with E-state index in [1.165, 1.54) is 11.0 Å². The summed E-state index contributed by atoms with van der Waals surface area (Å²) in [6.07, 6.45) is 2.79. The number of anilines is 1. The monoisotopic (exact) mass is 338 g/mol. The average Bonchev–Trinajstić information content (AvgIpc) is 2.79. The molecule has 3 nitrogen and oxygen atoms in total. The van der Waals surface area contributed by atoms with Crippen molar-refractivity contribution >= 4 is 27.5 Å². The molecule has 2 rings (SSSR count). The molecule has 0 bridgehead atoms. The minimum atomic E-state index is -0.406. The van der Waals surface area contributed by atoms with Gasteiger partial charge in [0.15, 0.2) is 0 Å². The van der Waals surface area contributed by atoms with E-state index in [1.54, 1.807) is 31.3 Å². The number of hydrogen-bond acceptors (Lipinski definition) is 1. The van der Waals surface area contributed by atoms with E-state index in [4.69, 9.17) is 0 Å². The van der Waals surface area contributed by atoms with Gasteiger partial charge in [0.1, 0.15) is 11.5 Å². The Kier molecular flexibility index (Phi) is 4.60. The van der Waals surface area contributed by atoms with E-state index >= 15 is 0 Å². The molecule has 0 unspecified atom stereocenters. The average molecular weight is 339 g/mol. The van der Waals surface area contributed by atoms with Crippen LogP contribution in [0, 0.1) is 5.82 Å². The summed E-state index contributed by atoms with van der Waals surface area (Å²) in [6, 6.07) is 8.02. The van der Waals surface area contributed by atoms with Crippen molar-refractivity contribution in [1.29, 1.82) is 0 Å². The fourth-order valence-electron chi connectivity index (χ4n) is 2.08. The van der Waals surface area contributed by atoms with E-state index in [0.717, 1.165) is 17.4 Å². The van der Waals surface area contributed by atoms with Crippen LogP contribution in [0.2, 0.25) is 0 Å². The van der Waals surface area contributed by atoms with Crippen molar-refractivity contribution in [3.05, 3.63) is 52.5 Å². The zero-order chi connectivity index (χ0) is 14.7. The topological polar surface area (TPSA) is 25.2 Å². The third kappa shape index (κ3) is 2.93. The highest BCUT2D eigenvalue weighted by Crippen LogP contribution is 2.22. The largest absolute Gasteiger partial charge is 0.342 e. The lowest BCUT2D eigenvalue weighted by Gasteiger charge is -2.19. The summed E-state index contributed by atoms with van der Waals surface area (Å²) in [5.41, 5.74) is 0.822. The summed E-state index contributed by atoms with van der Waals surface area (Å²) in [4.78, 5) is 13.9. The number of halogens is 2. The quantitative estimate of drug-likeness (QED) is 0.824. The van der Waals surface area contributed by atoms with Gasteiger partial charge in [0.2, 0.25) is 0 Å². The Morgan fingerprint density at radius 2 is 2.10 bits per heavy atom. The van der Waals surface area contributed by atoms with Crippen LogP contribution in [0.25, 0.3) is 0 Å². The Hall–Kier alpha value is -1.62. The van der Waals surface area contributed by atoms with Crippen molar-refractivity contribution in [1.82, 2.24) is 4.57 Å². The maximum absolute atomic E-state index is 13.8. The number of aromatic nitrogens is 1. The molecule has 0 saturated heterocycles. The Morgan fingerprint density at radius 3 is 2.75 bits per heavy atom. The highest BCUT2D eigenvalue weighted by molar-refractivity contribution is 9.10. The van der Waals surface area contributed by atoms with Gasteiger partial charge in [0.05, 0.1) is 5.69 Å². The lowest BCUT2D eigenvalue weighted by Crippen LogP contribution is -2.29. The van der Waals surface area contributed by atoms with Gasteiger partial charge in [0.25, 0.3) is 5.91 Å². The summed E-state index contributed by atoms with van der Waals surface area (Å²) < 4.78 is 16.5. The van der Waals surface area contributed by atoms with E-state index in [0.29, 0.717) is 5.69 Å². The number of carbonyl (C=O) groups is 1. The van der Waals surface area contributed by atoms with Crippen LogP contribution in [0.3, 0.4) is 0 Å². The molecule has 5 heteroatoms. The third-order valence-corrected chi connectivity index (χ3v) is 3.50. The van der Waals surface area contributed by atoms with Crippen LogP contribution in [0.4, 0.5) is 10.1 Å². The SMILES string of the molecule is CCCn1cc(Br)cc1C(=O)N(C)c1ccccc1F. The minimum absolute atomic E-state index is 0.228. The van der Waals surface area contributed by atoms with E-state index in [-0.39, 0.29) is 11.6 Å². The minimum Gasteiger partial charge on any atom is -0.342 e. The van der Waals surface area contributed by atoms with Gasteiger partial charge in [-0.3, -0.25) is 4.79 Å². The van der Waals surface area contributed by atoms with Gasteiger partial charge in [-0.15, -0.1) is 0 Å². The van der Waals surface area contributed by atoms with E-state index in [2.05, 4.69) is 15.9 Å². The maximum atomic E-state index is 13.8. The lowest BCUT2D eigenvalue weighted by atomic mass is 10.2. The zero-order valence-electron chi connectivity index (χ0n) is 11.4. The van der Waals surface area contributed by atoms with Gasteiger partial charge < -0.3 is 9.47 Å². The molecule has 0 aliphatic heterocycles. The van der Waals surface area contributed by atoms with Gasteiger partial charge in [0, 0.05) is 24.3 Å². The fraction of sp³-hybridized carbons (Fsp3) is 0.267. The smallest absolute Gasteiger partial charge is 0.274 e. The summed E-state index contributed by atoms with van der Waals surface area (Å²) in [5.74, 6) is -0.634. The van der Waals surface area contributed by atoms with Gasteiger partial charge in [-0.05, 0) is 40.5 Å². The number of aryl methyl sites for hydroxylation is 1. The molecule has 20 heavy (non-hydrogen) atoms. The summed E-state index contributed by atoms with van der Waals surface area (Å²) >= 11 is 3.38. The predicted octanol–water partition coefficient (Wildman–Crippen LogP) is 4.08. The van der Waals surface area contributed by atoms with Crippen LogP contribution in [0.15, 0.2) is 41.0 Å². The molecule has 0 aliphatic rings. The molecule has 0 radical (unpaired) electrons. The maximum Gasteiger partial charge on any atom is 0.274 e. The van der Waals surface area contributed by atoms with Crippen molar-refractivity contribution in [2.75, 3.05) is 11.9 Å². The molecule has 0 atom stereocenters. The summed E-state index contributed by atoms with van der Waals surface area (Å²) in [5, 5.41) is 0. The zero-order valence-corrected chi connectivity index (χ0v) is 13.0. The third-order valence-electron chi connectivity index (χ3n) is 3.07. The second kappa shape index (κ2) is 6.22. The molecule has 106 valence electrons. The first kappa shape index (κ1) is 14.8. The van der Waals surface area contributed by atoms with Gasteiger partial charge >= 0.3 is 0 Å². The van der Waals surface area contributed by atoms with Crippen molar-refractivity contribution in [3.63, 3.8) is 0 Å². The number of nitrogens with zero attached hydrogens (tertiary/aromatic N) is 2. The van der Waals surface area contributed by atoms with E-state index in [9.17, 15) is 9.18 Å². The standard InChI is InChI=1S/C15H16BrFN2O/c1-3-8-19-10-11(16)9-14(19)15(20)18(2)13-7-5-4-6-12(13)17/h4-7,9-10H,3,8H2,1-2H3. The van der Waals surface area contributed by atoms with Crippen molar-refractivity contribution in [3.8, 4) is 0 Å².